The molecule has 4 heteroatoms. The van der Waals surface area contributed by atoms with Crippen LogP contribution >= 0.6 is 31.9 Å². The topological polar surface area (TPSA) is 43.1 Å². The van der Waals surface area contributed by atoms with Gasteiger partial charge in [0.2, 0.25) is 0 Å². The largest absolute Gasteiger partial charge is 0.326 e. The molecule has 0 radical (unpaired) electrons. The molecule has 0 heterocycles. The van der Waals surface area contributed by atoms with E-state index in [0.29, 0.717) is 13.0 Å². The van der Waals surface area contributed by atoms with Crippen molar-refractivity contribution in [1.29, 1.82) is 0 Å². The molecule has 0 bridgehead atoms. The molecule has 13 heavy (non-hydrogen) atoms. The Morgan fingerprint density at radius 3 is 2.23 bits per heavy atom. The summed E-state index contributed by atoms with van der Waals surface area (Å²) in [6.07, 6.45) is 1.29. The molecule has 2 nitrogen and oxygen atoms in total. The first kappa shape index (κ1) is 10.9. The van der Waals surface area contributed by atoms with Crippen molar-refractivity contribution >= 4 is 38.1 Å². The van der Waals surface area contributed by atoms with Crippen LogP contribution in [0.1, 0.15) is 11.1 Å². The van der Waals surface area contributed by atoms with E-state index < -0.39 is 0 Å². The maximum Gasteiger partial charge on any atom is 0.124 e. The summed E-state index contributed by atoms with van der Waals surface area (Å²) < 4.78 is 1.85. The number of carbonyl (C=O) groups excluding carboxylic acids is 1. The summed E-state index contributed by atoms with van der Waals surface area (Å²) in [5, 5.41) is 0. The Balaban J connectivity index is 3.14. The van der Waals surface area contributed by atoms with Gasteiger partial charge >= 0.3 is 0 Å². The average Bonchev–Trinajstić information content (AvgIpc) is 2.11. The van der Waals surface area contributed by atoms with Crippen LogP contribution in [0.25, 0.3) is 0 Å². The Labute approximate surface area is 93.8 Å². The van der Waals surface area contributed by atoms with Crippen LogP contribution in [0.15, 0.2) is 21.1 Å². The summed E-state index contributed by atoms with van der Waals surface area (Å²) in [6, 6.07) is 3.87. The molecule has 0 aromatic heterocycles. The highest BCUT2D eigenvalue weighted by Crippen LogP contribution is 2.27. The van der Waals surface area contributed by atoms with E-state index in [9.17, 15) is 4.79 Å². The molecule has 70 valence electrons. The minimum atomic E-state index is 0.409. The summed E-state index contributed by atoms with van der Waals surface area (Å²) in [7, 11) is 0. The Hall–Kier alpha value is -0.190. The Bertz CT molecular complexity index is 302. The maximum atomic E-state index is 10.4. The zero-order valence-electron chi connectivity index (χ0n) is 6.89. The third kappa shape index (κ3) is 2.62. The van der Waals surface area contributed by atoms with E-state index in [2.05, 4.69) is 31.9 Å². The third-order valence-corrected chi connectivity index (χ3v) is 3.14. The van der Waals surface area contributed by atoms with E-state index in [1.165, 1.54) is 0 Å². The SMILES string of the molecule is NCc1cc(Br)c(CC=O)c(Br)c1. The molecule has 0 spiro atoms. The van der Waals surface area contributed by atoms with E-state index >= 15 is 0 Å². The fourth-order valence-electron chi connectivity index (χ4n) is 1.05. The number of hydrogen-bond donors (Lipinski definition) is 1. The van der Waals surface area contributed by atoms with E-state index in [4.69, 9.17) is 5.73 Å². The summed E-state index contributed by atoms with van der Waals surface area (Å²) in [6.45, 7) is 0.499. The molecule has 0 aliphatic rings. The normalized spacial score (nSPS) is 10.1. The molecule has 1 aromatic rings. The lowest BCUT2D eigenvalue weighted by Crippen LogP contribution is -1.98. The van der Waals surface area contributed by atoms with Gasteiger partial charge in [-0.2, -0.15) is 0 Å². The molecule has 0 unspecified atom stereocenters. The van der Waals surface area contributed by atoms with Crippen LogP contribution in [-0.4, -0.2) is 6.29 Å². The molecule has 0 saturated carbocycles. The first-order valence-corrected chi connectivity index (χ1v) is 5.38. The first-order chi connectivity index (χ1) is 6.19. The average molecular weight is 307 g/mol. The van der Waals surface area contributed by atoms with Crippen molar-refractivity contribution in [2.45, 2.75) is 13.0 Å². The molecular weight excluding hydrogens is 298 g/mol. The molecule has 1 rings (SSSR count). The molecule has 0 saturated heterocycles. The van der Waals surface area contributed by atoms with Gasteiger partial charge in [-0.05, 0) is 23.3 Å². The van der Waals surface area contributed by atoms with Crippen LogP contribution in [0.5, 0.6) is 0 Å². The van der Waals surface area contributed by atoms with Crippen molar-refractivity contribution in [3.05, 3.63) is 32.2 Å². The summed E-state index contributed by atoms with van der Waals surface area (Å²) >= 11 is 6.79. The predicted octanol–water partition coefficient (Wildman–Crippen LogP) is 2.41. The van der Waals surface area contributed by atoms with Gasteiger partial charge in [-0.1, -0.05) is 31.9 Å². The molecule has 0 aliphatic carbocycles. The van der Waals surface area contributed by atoms with Gasteiger partial charge in [0.25, 0.3) is 0 Å². The van der Waals surface area contributed by atoms with Crippen LogP contribution in [0.4, 0.5) is 0 Å². The molecule has 2 N–H and O–H groups in total. The maximum absolute atomic E-state index is 10.4. The zero-order valence-corrected chi connectivity index (χ0v) is 10.1. The van der Waals surface area contributed by atoms with Gasteiger partial charge in [-0.25, -0.2) is 0 Å². The number of hydrogen-bond acceptors (Lipinski definition) is 2. The molecule has 0 atom stereocenters. The molecule has 0 amide bonds. The van der Waals surface area contributed by atoms with E-state index in [-0.39, 0.29) is 0 Å². The van der Waals surface area contributed by atoms with Gasteiger partial charge in [-0.3, -0.25) is 0 Å². The second-order valence-corrected chi connectivity index (χ2v) is 4.32. The van der Waals surface area contributed by atoms with Crippen LogP contribution in [-0.2, 0) is 17.8 Å². The Kier molecular flexibility index (Phi) is 4.09. The van der Waals surface area contributed by atoms with Crippen molar-refractivity contribution < 1.29 is 4.79 Å². The minimum absolute atomic E-state index is 0.409. The highest BCUT2D eigenvalue weighted by molar-refractivity contribution is 9.11. The van der Waals surface area contributed by atoms with Crippen LogP contribution in [0.2, 0.25) is 0 Å². The lowest BCUT2D eigenvalue weighted by molar-refractivity contribution is -0.107. The van der Waals surface area contributed by atoms with Crippen molar-refractivity contribution in [3.8, 4) is 0 Å². The van der Waals surface area contributed by atoms with Crippen molar-refractivity contribution in [3.63, 3.8) is 0 Å². The zero-order chi connectivity index (χ0) is 9.84. The van der Waals surface area contributed by atoms with Crippen molar-refractivity contribution in [1.82, 2.24) is 0 Å². The summed E-state index contributed by atoms with van der Waals surface area (Å²) in [5.74, 6) is 0. The Morgan fingerprint density at radius 1 is 1.31 bits per heavy atom. The first-order valence-electron chi connectivity index (χ1n) is 3.79. The van der Waals surface area contributed by atoms with Crippen molar-refractivity contribution in [2.75, 3.05) is 0 Å². The molecule has 1 aromatic carbocycles. The second-order valence-electron chi connectivity index (χ2n) is 2.61. The van der Waals surface area contributed by atoms with Gasteiger partial charge in [0.05, 0.1) is 0 Å². The summed E-state index contributed by atoms with van der Waals surface area (Å²) in [4.78, 5) is 10.4. The van der Waals surface area contributed by atoms with Gasteiger partial charge in [-0.15, -0.1) is 0 Å². The van der Waals surface area contributed by atoms with Gasteiger partial charge in [0, 0.05) is 21.9 Å². The number of halogens is 2. The molecular formula is C9H9Br2NO. The molecule has 0 fully saturated rings. The fourth-order valence-corrected chi connectivity index (χ4v) is 2.66. The van der Waals surface area contributed by atoms with E-state index in [0.717, 1.165) is 26.4 Å². The fraction of sp³-hybridized carbons (Fsp3) is 0.222. The quantitative estimate of drug-likeness (QED) is 0.872. The second kappa shape index (κ2) is 4.88. The van der Waals surface area contributed by atoms with Crippen LogP contribution in [0.3, 0.4) is 0 Å². The highest BCUT2D eigenvalue weighted by Gasteiger charge is 2.05. The Morgan fingerprint density at radius 2 is 1.85 bits per heavy atom. The van der Waals surface area contributed by atoms with Crippen LogP contribution in [0, 0.1) is 0 Å². The number of nitrogens with two attached hydrogens (primary N) is 1. The van der Waals surface area contributed by atoms with E-state index in [1.54, 1.807) is 0 Å². The van der Waals surface area contributed by atoms with Gasteiger partial charge in [0.1, 0.15) is 6.29 Å². The monoisotopic (exact) mass is 305 g/mol. The lowest BCUT2D eigenvalue weighted by Gasteiger charge is -2.06. The minimum Gasteiger partial charge on any atom is -0.326 e. The number of rotatable bonds is 3. The third-order valence-electron chi connectivity index (χ3n) is 1.72. The number of benzene rings is 1. The van der Waals surface area contributed by atoms with Crippen molar-refractivity contribution in [2.24, 2.45) is 5.73 Å². The smallest absolute Gasteiger partial charge is 0.124 e. The number of aldehydes is 1. The van der Waals surface area contributed by atoms with Crippen LogP contribution < -0.4 is 5.73 Å². The standard InChI is InChI=1S/C9H9Br2NO/c10-8-3-6(5-12)4-9(11)7(8)1-2-13/h2-4H,1,5,12H2. The van der Waals surface area contributed by atoms with Gasteiger partial charge < -0.3 is 10.5 Å². The van der Waals surface area contributed by atoms with Gasteiger partial charge in [0.15, 0.2) is 0 Å². The lowest BCUT2D eigenvalue weighted by atomic mass is 10.1. The number of carbonyl (C=O) groups is 1. The molecule has 0 aliphatic heterocycles. The summed E-state index contributed by atoms with van der Waals surface area (Å²) in [5.41, 5.74) is 7.50. The van der Waals surface area contributed by atoms with E-state index in [1.807, 2.05) is 12.1 Å². The predicted molar refractivity (Wildman–Crippen MR) is 59.5 cm³/mol. The highest BCUT2D eigenvalue weighted by atomic mass is 79.9.